The van der Waals surface area contributed by atoms with Crippen molar-refractivity contribution in [1.82, 2.24) is 5.32 Å². The SMILES string of the molecule is COc1cc(C(C)NC(=O)c2cccc(OC(F)F)c2)ccc1OCC(C)C. The molecule has 0 aromatic heterocycles. The molecule has 0 aliphatic rings. The number of rotatable bonds is 9. The molecule has 28 heavy (non-hydrogen) atoms. The number of hydrogen-bond acceptors (Lipinski definition) is 4. The third-order valence-corrected chi connectivity index (χ3v) is 3.93. The van der Waals surface area contributed by atoms with E-state index in [0.717, 1.165) is 5.56 Å². The van der Waals surface area contributed by atoms with E-state index < -0.39 is 12.5 Å². The predicted molar refractivity (Wildman–Crippen MR) is 102 cm³/mol. The van der Waals surface area contributed by atoms with Crippen molar-refractivity contribution in [1.29, 1.82) is 0 Å². The van der Waals surface area contributed by atoms with E-state index in [2.05, 4.69) is 23.9 Å². The van der Waals surface area contributed by atoms with Crippen LogP contribution in [0, 0.1) is 5.92 Å². The van der Waals surface area contributed by atoms with Crippen LogP contribution in [0.3, 0.4) is 0 Å². The fourth-order valence-corrected chi connectivity index (χ4v) is 2.51. The van der Waals surface area contributed by atoms with Gasteiger partial charge in [-0.15, -0.1) is 0 Å². The zero-order chi connectivity index (χ0) is 20.7. The van der Waals surface area contributed by atoms with Gasteiger partial charge in [-0.05, 0) is 48.7 Å². The van der Waals surface area contributed by atoms with E-state index in [4.69, 9.17) is 9.47 Å². The second-order valence-electron chi connectivity index (χ2n) is 6.72. The third kappa shape index (κ3) is 6.11. The second kappa shape index (κ2) is 9.92. The van der Waals surface area contributed by atoms with Gasteiger partial charge in [-0.1, -0.05) is 26.0 Å². The Balaban J connectivity index is 2.09. The predicted octanol–water partition coefficient (Wildman–Crippen LogP) is 4.82. The lowest BCUT2D eigenvalue weighted by Crippen LogP contribution is -2.26. The summed E-state index contributed by atoms with van der Waals surface area (Å²) >= 11 is 0. The summed E-state index contributed by atoms with van der Waals surface area (Å²) in [7, 11) is 1.55. The lowest BCUT2D eigenvalue weighted by atomic mass is 10.1. The summed E-state index contributed by atoms with van der Waals surface area (Å²) in [4.78, 5) is 12.5. The fraction of sp³-hybridized carbons (Fsp3) is 0.381. The molecule has 0 saturated carbocycles. The first-order valence-corrected chi connectivity index (χ1v) is 8.96. The summed E-state index contributed by atoms with van der Waals surface area (Å²) < 4.78 is 40.1. The molecule has 1 N–H and O–H groups in total. The second-order valence-corrected chi connectivity index (χ2v) is 6.72. The minimum atomic E-state index is -2.94. The molecule has 0 aliphatic carbocycles. The van der Waals surface area contributed by atoms with Crippen molar-refractivity contribution in [2.45, 2.75) is 33.4 Å². The molecule has 1 unspecified atom stereocenters. The number of nitrogens with one attached hydrogen (secondary N) is 1. The van der Waals surface area contributed by atoms with Crippen molar-refractivity contribution in [3.05, 3.63) is 53.6 Å². The van der Waals surface area contributed by atoms with Gasteiger partial charge in [-0.3, -0.25) is 4.79 Å². The minimum Gasteiger partial charge on any atom is -0.493 e. The van der Waals surface area contributed by atoms with Crippen LogP contribution in [-0.2, 0) is 0 Å². The molecule has 0 saturated heterocycles. The van der Waals surface area contributed by atoms with Crippen LogP contribution in [0.2, 0.25) is 0 Å². The van der Waals surface area contributed by atoms with Crippen LogP contribution in [0.5, 0.6) is 17.2 Å². The number of ether oxygens (including phenoxy) is 3. The van der Waals surface area contributed by atoms with Gasteiger partial charge in [0.15, 0.2) is 11.5 Å². The zero-order valence-electron chi connectivity index (χ0n) is 16.4. The monoisotopic (exact) mass is 393 g/mol. The maximum absolute atomic E-state index is 12.5. The standard InChI is InChI=1S/C21H25F2NO4/c1-13(2)12-27-18-9-8-15(11-19(18)26-4)14(3)24-20(25)16-6-5-7-17(10-16)28-21(22)23/h5-11,13-14,21H,12H2,1-4H3,(H,24,25). The van der Waals surface area contributed by atoms with Crippen molar-refractivity contribution in [2.75, 3.05) is 13.7 Å². The Kier molecular flexibility index (Phi) is 7.61. The van der Waals surface area contributed by atoms with E-state index in [0.29, 0.717) is 24.0 Å². The van der Waals surface area contributed by atoms with Crippen LogP contribution < -0.4 is 19.5 Å². The van der Waals surface area contributed by atoms with Gasteiger partial charge in [-0.2, -0.15) is 8.78 Å². The summed E-state index contributed by atoms with van der Waals surface area (Å²) in [5.74, 6) is 1.13. The minimum absolute atomic E-state index is 0.0661. The number of alkyl halides is 2. The van der Waals surface area contributed by atoms with Crippen molar-refractivity contribution in [3.63, 3.8) is 0 Å². The van der Waals surface area contributed by atoms with Gasteiger partial charge in [0, 0.05) is 5.56 Å². The molecule has 0 aliphatic heterocycles. The molecular weight excluding hydrogens is 368 g/mol. The fourth-order valence-electron chi connectivity index (χ4n) is 2.51. The molecule has 0 radical (unpaired) electrons. The highest BCUT2D eigenvalue weighted by Gasteiger charge is 2.15. The molecule has 152 valence electrons. The van der Waals surface area contributed by atoms with E-state index in [1.54, 1.807) is 19.2 Å². The van der Waals surface area contributed by atoms with Crippen LogP contribution >= 0.6 is 0 Å². The molecule has 0 heterocycles. The number of hydrogen-bond donors (Lipinski definition) is 1. The Hall–Kier alpha value is -2.83. The van der Waals surface area contributed by atoms with Gasteiger partial charge < -0.3 is 19.5 Å². The van der Waals surface area contributed by atoms with Gasteiger partial charge in [-0.25, -0.2) is 0 Å². The van der Waals surface area contributed by atoms with Gasteiger partial charge in [0.2, 0.25) is 0 Å². The summed E-state index contributed by atoms with van der Waals surface area (Å²) in [5, 5.41) is 2.84. The molecule has 0 bridgehead atoms. The first-order chi connectivity index (χ1) is 13.3. The summed E-state index contributed by atoms with van der Waals surface area (Å²) in [6, 6.07) is 10.8. The summed E-state index contributed by atoms with van der Waals surface area (Å²) in [5.41, 5.74) is 1.05. The Morgan fingerprint density at radius 2 is 1.82 bits per heavy atom. The molecular formula is C21H25F2NO4. The summed E-state index contributed by atoms with van der Waals surface area (Å²) in [6.45, 7) is 3.56. The molecule has 1 atom stereocenters. The van der Waals surface area contributed by atoms with Gasteiger partial charge in [0.1, 0.15) is 5.75 Å². The third-order valence-electron chi connectivity index (χ3n) is 3.93. The average Bonchev–Trinajstić information content (AvgIpc) is 2.65. The van der Waals surface area contributed by atoms with E-state index in [9.17, 15) is 13.6 Å². The van der Waals surface area contributed by atoms with Gasteiger partial charge in [0.05, 0.1) is 19.8 Å². The maximum Gasteiger partial charge on any atom is 0.387 e. The Bertz CT molecular complexity index is 796. The van der Waals surface area contributed by atoms with E-state index in [1.807, 2.05) is 13.0 Å². The molecule has 0 spiro atoms. The van der Waals surface area contributed by atoms with Crippen LogP contribution in [0.15, 0.2) is 42.5 Å². The van der Waals surface area contributed by atoms with Crippen molar-refractivity contribution >= 4 is 5.91 Å². The number of amides is 1. The number of carbonyl (C=O) groups is 1. The topological polar surface area (TPSA) is 56.8 Å². The smallest absolute Gasteiger partial charge is 0.387 e. The quantitative estimate of drug-likeness (QED) is 0.663. The average molecular weight is 393 g/mol. The Morgan fingerprint density at radius 1 is 1.07 bits per heavy atom. The highest BCUT2D eigenvalue weighted by Crippen LogP contribution is 2.31. The van der Waals surface area contributed by atoms with Gasteiger partial charge >= 0.3 is 6.61 Å². The van der Waals surface area contributed by atoms with Crippen molar-refractivity contribution in [3.8, 4) is 17.2 Å². The molecule has 2 aromatic rings. The molecule has 2 rings (SSSR count). The van der Waals surface area contributed by atoms with Crippen LogP contribution in [0.1, 0.15) is 42.7 Å². The molecule has 1 amide bonds. The Labute approximate surface area is 163 Å². The molecule has 0 fully saturated rings. The van der Waals surface area contributed by atoms with E-state index in [1.165, 1.54) is 24.3 Å². The highest BCUT2D eigenvalue weighted by molar-refractivity contribution is 5.94. The van der Waals surface area contributed by atoms with Crippen LogP contribution in [0.4, 0.5) is 8.78 Å². The Morgan fingerprint density at radius 3 is 2.46 bits per heavy atom. The number of benzene rings is 2. The van der Waals surface area contributed by atoms with Crippen molar-refractivity contribution in [2.24, 2.45) is 5.92 Å². The molecule has 5 nitrogen and oxygen atoms in total. The normalized spacial score (nSPS) is 12.0. The summed E-state index contributed by atoms with van der Waals surface area (Å²) in [6.07, 6.45) is 0. The van der Waals surface area contributed by atoms with Crippen LogP contribution in [-0.4, -0.2) is 26.2 Å². The van der Waals surface area contributed by atoms with Gasteiger partial charge in [0.25, 0.3) is 5.91 Å². The number of methoxy groups -OCH3 is 1. The maximum atomic E-state index is 12.5. The molecule has 2 aromatic carbocycles. The first-order valence-electron chi connectivity index (χ1n) is 8.96. The lowest BCUT2D eigenvalue weighted by molar-refractivity contribution is -0.0498. The van der Waals surface area contributed by atoms with Crippen molar-refractivity contribution < 1.29 is 27.8 Å². The lowest BCUT2D eigenvalue weighted by Gasteiger charge is -2.18. The van der Waals surface area contributed by atoms with E-state index in [-0.39, 0.29) is 17.4 Å². The highest BCUT2D eigenvalue weighted by atomic mass is 19.3. The first kappa shape index (κ1) is 21.5. The number of halogens is 2. The number of carbonyl (C=O) groups excluding carboxylic acids is 1. The zero-order valence-corrected chi connectivity index (χ0v) is 16.4. The largest absolute Gasteiger partial charge is 0.493 e. The van der Waals surface area contributed by atoms with Crippen LogP contribution in [0.25, 0.3) is 0 Å². The van der Waals surface area contributed by atoms with E-state index >= 15 is 0 Å². The molecule has 7 heteroatoms.